The summed E-state index contributed by atoms with van der Waals surface area (Å²) in [6, 6.07) is 16.4. The van der Waals surface area contributed by atoms with Crippen molar-refractivity contribution in [1.29, 1.82) is 0 Å². The molecule has 1 aliphatic rings. The van der Waals surface area contributed by atoms with Crippen LogP contribution in [0.4, 0.5) is 0 Å². The Kier molecular flexibility index (Phi) is 10.8. The van der Waals surface area contributed by atoms with Gasteiger partial charge in [0, 0.05) is 35.6 Å². The van der Waals surface area contributed by atoms with Gasteiger partial charge in [0.1, 0.15) is 22.8 Å². The summed E-state index contributed by atoms with van der Waals surface area (Å²) in [5.41, 5.74) is 2.15. The van der Waals surface area contributed by atoms with Gasteiger partial charge in [-0.2, -0.15) is 0 Å². The number of benzene rings is 2. The van der Waals surface area contributed by atoms with E-state index in [4.69, 9.17) is 9.15 Å². The number of rotatable bonds is 15. The molecule has 0 radical (unpaired) electrons. The highest BCUT2D eigenvalue weighted by Gasteiger charge is 2.16. The zero-order chi connectivity index (χ0) is 28.3. The van der Waals surface area contributed by atoms with Crippen LogP contribution in [-0.4, -0.2) is 38.5 Å². The third-order valence-corrected chi connectivity index (χ3v) is 10.0. The molecule has 10 heteroatoms. The van der Waals surface area contributed by atoms with Crippen LogP contribution in [0.5, 0.6) is 5.75 Å². The van der Waals surface area contributed by atoms with Crippen molar-refractivity contribution in [1.82, 2.24) is 20.3 Å². The fourth-order valence-corrected chi connectivity index (χ4v) is 7.76. The van der Waals surface area contributed by atoms with Gasteiger partial charge in [0.15, 0.2) is 5.43 Å². The number of fused-ring (bicyclic) bond motifs is 1. The van der Waals surface area contributed by atoms with Crippen LogP contribution >= 0.6 is 21.6 Å². The highest BCUT2D eigenvalue weighted by atomic mass is 33.1. The van der Waals surface area contributed by atoms with Crippen LogP contribution in [0.3, 0.4) is 0 Å². The van der Waals surface area contributed by atoms with Crippen LogP contribution < -0.4 is 15.5 Å². The first kappa shape index (κ1) is 29.3. The van der Waals surface area contributed by atoms with Crippen LogP contribution in [-0.2, 0) is 17.9 Å². The number of nitrogens with zero attached hydrogens (tertiary/aromatic N) is 3. The molecule has 216 valence electrons. The summed E-state index contributed by atoms with van der Waals surface area (Å²) in [5, 5.41) is 12.7. The Morgan fingerprint density at radius 2 is 1.95 bits per heavy atom. The molecule has 1 aliphatic heterocycles. The van der Waals surface area contributed by atoms with Gasteiger partial charge in [0.25, 0.3) is 0 Å². The summed E-state index contributed by atoms with van der Waals surface area (Å²) in [7, 11) is 3.97. The molecule has 0 spiro atoms. The molecule has 0 bridgehead atoms. The molecule has 41 heavy (non-hydrogen) atoms. The van der Waals surface area contributed by atoms with Gasteiger partial charge >= 0.3 is 0 Å². The molecule has 5 rings (SSSR count). The Morgan fingerprint density at radius 1 is 1.07 bits per heavy atom. The van der Waals surface area contributed by atoms with Gasteiger partial charge < -0.3 is 14.5 Å². The van der Waals surface area contributed by atoms with E-state index in [2.05, 4.69) is 15.6 Å². The van der Waals surface area contributed by atoms with Crippen LogP contribution in [0.25, 0.3) is 22.3 Å². The van der Waals surface area contributed by atoms with Crippen LogP contribution in [0.1, 0.15) is 57.1 Å². The summed E-state index contributed by atoms with van der Waals surface area (Å²) in [4.78, 5) is 24.5. The first-order valence-corrected chi connectivity index (χ1v) is 16.7. The monoisotopic (exact) mass is 592 g/mol. The zero-order valence-corrected chi connectivity index (χ0v) is 24.8. The highest BCUT2D eigenvalue weighted by Crippen LogP contribution is 2.39. The minimum Gasteiger partial charge on any atom is -0.494 e. The molecule has 1 saturated heterocycles. The van der Waals surface area contributed by atoms with Gasteiger partial charge in [-0.25, -0.2) is 0 Å². The molecule has 1 atom stereocenters. The number of aromatic nitrogens is 3. The maximum atomic E-state index is 12.4. The van der Waals surface area contributed by atoms with E-state index in [1.54, 1.807) is 12.1 Å². The summed E-state index contributed by atoms with van der Waals surface area (Å²) >= 11 is 0. The zero-order valence-electron chi connectivity index (χ0n) is 23.1. The van der Waals surface area contributed by atoms with Crippen molar-refractivity contribution in [3.05, 3.63) is 76.7 Å². The van der Waals surface area contributed by atoms with Crippen molar-refractivity contribution in [3.63, 3.8) is 0 Å². The third kappa shape index (κ3) is 8.87. The van der Waals surface area contributed by atoms with Gasteiger partial charge in [0.05, 0.1) is 24.7 Å². The molecule has 2 aromatic carbocycles. The number of carbonyl (C=O) groups excluding carboxylic acids is 1. The molecule has 1 fully saturated rings. The fraction of sp³-hybridized carbons (Fsp3) is 0.419. The Morgan fingerprint density at radius 3 is 2.80 bits per heavy atom. The van der Waals surface area contributed by atoms with E-state index in [-0.39, 0.29) is 11.3 Å². The number of ether oxygens (including phenoxy) is 1. The summed E-state index contributed by atoms with van der Waals surface area (Å²) in [6.07, 6.45) is 9.96. The second kappa shape index (κ2) is 15.1. The molecule has 1 unspecified atom stereocenters. The molecule has 4 aromatic rings. The smallest absolute Gasteiger partial charge is 0.220 e. The van der Waals surface area contributed by atoms with Crippen molar-refractivity contribution in [2.24, 2.45) is 0 Å². The average molecular weight is 593 g/mol. The SMILES string of the molecule is O=C(CCCCC1CCSS1)NCc1cn(CCCCCOc2ccc(-c3cc(=O)c4ccccc4o3)cc2)nn1. The standard InChI is InChI=1S/C31H36N4O4S2/c36-28-20-30(39-29-10-4-3-9-27(28)29)23-12-14-25(15-13-23)38-18-7-1-6-17-35-22-24(33-34-35)21-32-31(37)11-5-2-8-26-16-19-40-41-26/h3-4,9-10,12-15,20,22,26H,1-2,5-8,11,16-19,21H2,(H,32,37). The fourth-order valence-electron chi connectivity index (χ4n) is 4.73. The molecule has 1 N–H and O–H groups in total. The Bertz CT molecular complexity index is 1470. The first-order chi connectivity index (χ1) is 20.1. The van der Waals surface area contributed by atoms with E-state index >= 15 is 0 Å². The second-order valence-corrected chi connectivity index (χ2v) is 13.0. The number of para-hydroxylation sites is 1. The Balaban J connectivity index is 0.941. The lowest BCUT2D eigenvalue weighted by Crippen LogP contribution is -2.22. The summed E-state index contributed by atoms with van der Waals surface area (Å²) in [5.74, 6) is 2.68. The van der Waals surface area contributed by atoms with Gasteiger partial charge in [0.2, 0.25) is 5.91 Å². The predicted molar refractivity (Wildman–Crippen MR) is 166 cm³/mol. The van der Waals surface area contributed by atoms with Gasteiger partial charge in [-0.15, -0.1) is 5.10 Å². The minimum absolute atomic E-state index is 0.0508. The second-order valence-electron chi connectivity index (χ2n) is 10.2. The molecule has 2 aromatic heterocycles. The van der Waals surface area contributed by atoms with Crippen molar-refractivity contribution in [2.75, 3.05) is 12.4 Å². The van der Waals surface area contributed by atoms with E-state index in [0.717, 1.165) is 60.9 Å². The summed E-state index contributed by atoms with van der Waals surface area (Å²) < 4.78 is 13.6. The number of hydrogen-bond acceptors (Lipinski definition) is 8. The average Bonchev–Trinajstić information content (AvgIpc) is 3.69. The van der Waals surface area contributed by atoms with Gasteiger partial charge in [-0.05, 0) is 74.9 Å². The number of carbonyl (C=O) groups is 1. The third-order valence-electron chi connectivity index (χ3n) is 7.03. The van der Waals surface area contributed by atoms with Crippen molar-refractivity contribution in [2.45, 2.75) is 69.7 Å². The Labute approximate surface area is 248 Å². The number of aryl methyl sites for hydroxylation is 1. The van der Waals surface area contributed by atoms with Crippen molar-refractivity contribution in [3.8, 4) is 17.1 Å². The number of unbranched alkanes of at least 4 members (excludes halogenated alkanes) is 3. The van der Waals surface area contributed by atoms with Gasteiger partial charge in [-0.1, -0.05) is 45.4 Å². The molecule has 1 amide bonds. The molecule has 0 saturated carbocycles. The van der Waals surface area contributed by atoms with E-state index in [1.165, 1.54) is 24.7 Å². The van der Waals surface area contributed by atoms with Crippen molar-refractivity contribution < 1.29 is 13.9 Å². The molecule has 0 aliphatic carbocycles. The van der Waals surface area contributed by atoms with E-state index < -0.39 is 0 Å². The largest absolute Gasteiger partial charge is 0.494 e. The molecule has 8 nitrogen and oxygen atoms in total. The lowest BCUT2D eigenvalue weighted by atomic mass is 10.1. The number of amides is 1. The molecular formula is C31H36N4O4S2. The normalized spacial score (nSPS) is 14.9. The van der Waals surface area contributed by atoms with Gasteiger partial charge in [-0.3, -0.25) is 14.3 Å². The van der Waals surface area contributed by atoms with Crippen LogP contribution in [0, 0.1) is 0 Å². The molecular weight excluding hydrogens is 556 g/mol. The minimum atomic E-state index is -0.0508. The molecule has 3 heterocycles. The van der Waals surface area contributed by atoms with E-state index in [1.807, 2.05) is 68.9 Å². The lowest BCUT2D eigenvalue weighted by molar-refractivity contribution is -0.121. The van der Waals surface area contributed by atoms with E-state index in [0.29, 0.717) is 36.3 Å². The van der Waals surface area contributed by atoms with E-state index in [9.17, 15) is 9.59 Å². The lowest BCUT2D eigenvalue weighted by Gasteiger charge is -2.08. The maximum absolute atomic E-state index is 12.4. The van der Waals surface area contributed by atoms with Crippen LogP contribution in [0.2, 0.25) is 0 Å². The Hall–Kier alpha value is -3.24. The quantitative estimate of drug-likeness (QED) is 0.121. The topological polar surface area (TPSA) is 99.2 Å². The first-order valence-electron chi connectivity index (χ1n) is 14.3. The maximum Gasteiger partial charge on any atom is 0.220 e. The van der Waals surface area contributed by atoms with Crippen LogP contribution in [0.15, 0.2) is 70.0 Å². The summed E-state index contributed by atoms with van der Waals surface area (Å²) in [6.45, 7) is 1.83. The highest BCUT2D eigenvalue weighted by molar-refractivity contribution is 8.77. The predicted octanol–water partition coefficient (Wildman–Crippen LogP) is 6.63. The number of hydrogen-bond donors (Lipinski definition) is 1. The number of nitrogens with one attached hydrogen (secondary N) is 1. The van der Waals surface area contributed by atoms with Crippen molar-refractivity contribution >= 4 is 38.5 Å².